The summed E-state index contributed by atoms with van der Waals surface area (Å²) in [4.78, 5) is 0. The molecule has 1 heterocycles. The van der Waals surface area contributed by atoms with Crippen molar-refractivity contribution in [3.8, 4) is 11.3 Å². The second-order valence-corrected chi connectivity index (χ2v) is 7.11. The zero-order valence-electron chi connectivity index (χ0n) is 13.9. The molecule has 25 heavy (non-hydrogen) atoms. The Bertz CT molecular complexity index is 1230. The quantitative estimate of drug-likeness (QED) is 0.347. The van der Waals surface area contributed by atoms with E-state index in [0.29, 0.717) is 0 Å². The van der Waals surface area contributed by atoms with E-state index in [1.54, 1.807) is 0 Å². The van der Waals surface area contributed by atoms with Crippen molar-refractivity contribution in [3.63, 3.8) is 0 Å². The van der Waals surface area contributed by atoms with Gasteiger partial charge in [-0.05, 0) is 64.1 Å². The molecule has 0 aliphatic heterocycles. The summed E-state index contributed by atoms with van der Waals surface area (Å²) < 4.78 is 5.84. The van der Waals surface area contributed by atoms with E-state index in [4.69, 9.17) is 4.52 Å². The van der Waals surface area contributed by atoms with E-state index in [9.17, 15) is 0 Å². The lowest BCUT2D eigenvalue weighted by Crippen LogP contribution is -2.01. The smallest absolute Gasteiger partial charge is 0.170 e. The van der Waals surface area contributed by atoms with E-state index in [1.165, 1.54) is 56.3 Å². The minimum Gasteiger partial charge on any atom is -0.356 e. The predicted octanol–water partition coefficient (Wildman–Crippen LogP) is 6.12. The number of rotatable bonds is 1. The van der Waals surface area contributed by atoms with Crippen LogP contribution in [0.2, 0.25) is 0 Å². The van der Waals surface area contributed by atoms with Crippen LogP contribution in [0.25, 0.3) is 43.6 Å². The summed E-state index contributed by atoms with van der Waals surface area (Å²) in [5.74, 6) is 0.979. The fourth-order valence-electron chi connectivity index (χ4n) is 4.54. The highest BCUT2D eigenvalue weighted by Crippen LogP contribution is 2.41. The number of hydrogen-bond donors (Lipinski definition) is 0. The molecular formula is C23H17NO. The Morgan fingerprint density at radius 3 is 2.32 bits per heavy atom. The number of fused-ring (bicyclic) bond motifs is 1. The summed E-state index contributed by atoms with van der Waals surface area (Å²) in [6.07, 6.45) is 4.57. The van der Waals surface area contributed by atoms with E-state index in [-0.39, 0.29) is 0 Å². The van der Waals surface area contributed by atoms with Gasteiger partial charge in [0.15, 0.2) is 5.76 Å². The summed E-state index contributed by atoms with van der Waals surface area (Å²) >= 11 is 0. The van der Waals surface area contributed by atoms with Crippen molar-refractivity contribution in [2.45, 2.75) is 25.7 Å². The Kier molecular flexibility index (Phi) is 2.59. The Morgan fingerprint density at radius 1 is 0.720 bits per heavy atom. The van der Waals surface area contributed by atoms with Gasteiger partial charge in [0.25, 0.3) is 0 Å². The molecule has 6 rings (SSSR count). The Labute approximate surface area is 145 Å². The van der Waals surface area contributed by atoms with Crippen molar-refractivity contribution in [3.05, 3.63) is 65.9 Å². The van der Waals surface area contributed by atoms with Crippen LogP contribution >= 0.6 is 0 Å². The minimum absolute atomic E-state index is 0.979. The van der Waals surface area contributed by atoms with E-state index in [0.717, 1.165) is 24.3 Å². The zero-order chi connectivity index (χ0) is 16.4. The SMILES string of the molecule is c1cc2ccc3ccc(-c4onc5c4CCCC5)c4ccc(c1)c2c34. The molecule has 5 aromatic rings. The van der Waals surface area contributed by atoms with E-state index >= 15 is 0 Å². The highest BCUT2D eigenvalue weighted by atomic mass is 16.5. The third-order valence-corrected chi connectivity index (χ3v) is 5.73. The summed E-state index contributed by atoms with van der Waals surface area (Å²) in [5.41, 5.74) is 3.66. The van der Waals surface area contributed by atoms with Crippen LogP contribution in [0.5, 0.6) is 0 Å². The molecule has 1 aliphatic carbocycles. The van der Waals surface area contributed by atoms with Gasteiger partial charge in [-0.3, -0.25) is 0 Å². The first-order valence-electron chi connectivity index (χ1n) is 9.04. The third-order valence-electron chi connectivity index (χ3n) is 5.73. The second-order valence-electron chi connectivity index (χ2n) is 7.11. The largest absolute Gasteiger partial charge is 0.356 e. The maximum absolute atomic E-state index is 5.84. The van der Waals surface area contributed by atoms with Crippen LogP contribution in [-0.4, -0.2) is 5.16 Å². The van der Waals surface area contributed by atoms with Gasteiger partial charge in [-0.15, -0.1) is 0 Å². The van der Waals surface area contributed by atoms with Gasteiger partial charge in [0.05, 0.1) is 5.69 Å². The number of aromatic nitrogens is 1. The second kappa shape index (κ2) is 4.82. The number of hydrogen-bond acceptors (Lipinski definition) is 2. The van der Waals surface area contributed by atoms with Crippen LogP contribution < -0.4 is 0 Å². The first-order valence-corrected chi connectivity index (χ1v) is 9.04. The van der Waals surface area contributed by atoms with Gasteiger partial charge < -0.3 is 4.52 Å². The van der Waals surface area contributed by atoms with Crippen LogP contribution in [-0.2, 0) is 12.8 Å². The molecule has 1 aliphatic rings. The molecule has 2 nitrogen and oxygen atoms in total. The maximum atomic E-state index is 5.84. The van der Waals surface area contributed by atoms with Crippen molar-refractivity contribution in [1.29, 1.82) is 0 Å². The summed E-state index contributed by atoms with van der Waals surface area (Å²) in [6, 6.07) is 19.9. The van der Waals surface area contributed by atoms with Crippen LogP contribution in [0.4, 0.5) is 0 Å². The van der Waals surface area contributed by atoms with Crippen LogP contribution in [0.1, 0.15) is 24.1 Å². The highest BCUT2D eigenvalue weighted by molar-refractivity contribution is 6.25. The monoisotopic (exact) mass is 323 g/mol. The maximum Gasteiger partial charge on any atom is 0.170 e. The van der Waals surface area contributed by atoms with Crippen molar-refractivity contribution in [1.82, 2.24) is 5.16 Å². The van der Waals surface area contributed by atoms with Gasteiger partial charge >= 0.3 is 0 Å². The average molecular weight is 323 g/mol. The Balaban J connectivity index is 1.75. The minimum atomic E-state index is 0.979. The lowest BCUT2D eigenvalue weighted by molar-refractivity contribution is 0.423. The standard InChI is InChI=1S/C23H17NO/c1-2-7-20-19(6-1)23(25-24-20)18-13-11-16-9-8-14-4-3-5-15-10-12-17(18)22(16)21(14)15/h3-5,8-13H,1-2,6-7H2. The van der Waals surface area contributed by atoms with Gasteiger partial charge in [-0.2, -0.15) is 0 Å². The first kappa shape index (κ1) is 13.4. The molecule has 1 aromatic heterocycles. The van der Waals surface area contributed by atoms with Crippen molar-refractivity contribution >= 4 is 32.3 Å². The van der Waals surface area contributed by atoms with Gasteiger partial charge in [0.1, 0.15) is 0 Å². The number of aryl methyl sites for hydroxylation is 1. The first-order chi connectivity index (χ1) is 12.4. The van der Waals surface area contributed by atoms with Crippen molar-refractivity contribution in [2.24, 2.45) is 0 Å². The molecule has 0 saturated heterocycles. The van der Waals surface area contributed by atoms with E-state index in [2.05, 4.69) is 59.8 Å². The zero-order valence-corrected chi connectivity index (χ0v) is 13.9. The highest BCUT2D eigenvalue weighted by Gasteiger charge is 2.22. The predicted molar refractivity (Wildman–Crippen MR) is 102 cm³/mol. The molecule has 120 valence electrons. The Morgan fingerprint density at radius 2 is 1.44 bits per heavy atom. The summed E-state index contributed by atoms with van der Waals surface area (Å²) in [5, 5.41) is 12.2. The van der Waals surface area contributed by atoms with Gasteiger partial charge in [0.2, 0.25) is 0 Å². The fourth-order valence-corrected chi connectivity index (χ4v) is 4.54. The molecule has 0 saturated carbocycles. The van der Waals surface area contributed by atoms with Crippen LogP contribution in [0.15, 0.2) is 59.1 Å². The molecule has 4 aromatic carbocycles. The third kappa shape index (κ3) is 1.77. The van der Waals surface area contributed by atoms with Gasteiger partial charge in [0, 0.05) is 11.1 Å². The average Bonchev–Trinajstić information content (AvgIpc) is 3.10. The fraction of sp³-hybridized carbons (Fsp3) is 0.174. The molecule has 0 bridgehead atoms. The summed E-state index contributed by atoms with van der Waals surface area (Å²) in [7, 11) is 0. The molecule has 0 radical (unpaired) electrons. The number of benzene rings is 4. The summed E-state index contributed by atoms with van der Waals surface area (Å²) in [6.45, 7) is 0. The van der Waals surface area contributed by atoms with Crippen LogP contribution in [0, 0.1) is 0 Å². The van der Waals surface area contributed by atoms with E-state index < -0.39 is 0 Å². The molecule has 0 fully saturated rings. The van der Waals surface area contributed by atoms with Gasteiger partial charge in [-0.1, -0.05) is 53.7 Å². The lowest BCUT2D eigenvalue weighted by Gasteiger charge is -2.14. The van der Waals surface area contributed by atoms with Crippen LogP contribution in [0.3, 0.4) is 0 Å². The topological polar surface area (TPSA) is 26.0 Å². The number of nitrogens with zero attached hydrogens (tertiary/aromatic N) is 1. The van der Waals surface area contributed by atoms with E-state index in [1.807, 2.05) is 0 Å². The Hall–Kier alpha value is -2.87. The van der Waals surface area contributed by atoms with Gasteiger partial charge in [-0.25, -0.2) is 0 Å². The molecular weight excluding hydrogens is 306 g/mol. The molecule has 0 N–H and O–H groups in total. The lowest BCUT2D eigenvalue weighted by atomic mass is 9.89. The van der Waals surface area contributed by atoms with Crippen molar-refractivity contribution < 1.29 is 4.52 Å². The molecule has 0 spiro atoms. The molecule has 0 amide bonds. The van der Waals surface area contributed by atoms with Crippen molar-refractivity contribution in [2.75, 3.05) is 0 Å². The molecule has 0 atom stereocenters. The molecule has 2 heteroatoms. The molecule has 0 unspecified atom stereocenters. The normalized spacial score (nSPS) is 14.6.